The van der Waals surface area contributed by atoms with Crippen LogP contribution < -0.4 is 0 Å². The van der Waals surface area contributed by atoms with Crippen LogP contribution in [-0.2, 0) is 9.57 Å². The summed E-state index contributed by atoms with van der Waals surface area (Å²) in [5, 5.41) is 4.05. The summed E-state index contributed by atoms with van der Waals surface area (Å²) in [5.74, 6) is 0. The Morgan fingerprint density at radius 2 is 2.20 bits per heavy atom. The normalized spacial score (nSPS) is 20.1. The Bertz CT molecular complexity index is 370. The van der Waals surface area contributed by atoms with E-state index in [-0.39, 0.29) is 6.10 Å². The third-order valence-electron chi connectivity index (χ3n) is 2.23. The SMILES string of the molecule is CO/C=C\[C@H]1CC(c2ccccc2)=NO1. The zero-order chi connectivity index (χ0) is 10.5. The predicted octanol–water partition coefficient (Wildman–Crippen LogP) is 2.34. The van der Waals surface area contributed by atoms with E-state index in [0.717, 1.165) is 17.7 Å². The quantitative estimate of drug-likeness (QED) is 0.706. The van der Waals surface area contributed by atoms with Gasteiger partial charge >= 0.3 is 0 Å². The number of ether oxygens (including phenoxy) is 1. The average molecular weight is 203 g/mol. The molecule has 3 heteroatoms. The number of methoxy groups -OCH3 is 1. The van der Waals surface area contributed by atoms with E-state index in [1.165, 1.54) is 0 Å². The van der Waals surface area contributed by atoms with Crippen LogP contribution in [0.2, 0.25) is 0 Å². The van der Waals surface area contributed by atoms with Gasteiger partial charge in [0, 0.05) is 6.42 Å². The topological polar surface area (TPSA) is 30.8 Å². The van der Waals surface area contributed by atoms with Gasteiger partial charge in [0.15, 0.2) is 6.10 Å². The smallest absolute Gasteiger partial charge is 0.154 e. The van der Waals surface area contributed by atoms with E-state index >= 15 is 0 Å². The summed E-state index contributed by atoms with van der Waals surface area (Å²) < 4.78 is 4.83. The molecule has 0 amide bonds. The zero-order valence-electron chi connectivity index (χ0n) is 8.59. The van der Waals surface area contributed by atoms with Gasteiger partial charge < -0.3 is 9.57 Å². The third kappa shape index (κ3) is 2.37. The van der Waals surface area contributed by atoms with Crippen molar-refractivity contribution in [1.82, 2.24) is 0 Å². The van der Waals surface area contributed by atoms with Gasteiger partial charge in [-0.1, -0.05) is 35.5 Å². The number of oxime groups is 1. The Kier molecular flexibility index (Phi) is 3.02. The van der Waals surface area contributed by atoms with Crippen molar-refractivity contribution in [2.45, 2.75) is 12.5 Å². The standard InChI is InChI=1S/C12H13NO2/c1-14-8-7-11-9-12(13-15-11)10-5-3-2-4-6-10/h2-8,11H,9H2,1H3/b8-7-/t11-/m0/s1. The second-order valence-corrected chi connectivity index (χ2v) is 3.32. The van der Waals surface area contributed by atoms with Crippen LogP contribution in [0.25, 0.3) is 0 Å². The molecule has 1 atom stereocenters. The van der Waals surface area contributed by atoms with Gasteiger partial charge in [0.25, 0.3) is 0 Å². The Labute approximate surface area is 89.0 Å². The molecule has 0 N–H and O–H groups in total. The minimum absolute atomic E-state index is 0.000145. The molecular weight excluding hydrogens is 190 g/mol. The van der Waals surface area contributed by atoms with Crippen molar-refractivity contribution in [2.75, 3.05) is 7.11 Å². The lowest BCUT2D eigenvalue weighted by atomic mass is 10.1. The van der Waals surface area contributed by atoms with Crippen molar-refractivity contribution in [3.8, 4) is 0 Å². The van der Waals surface area contributed by atoms with Crippen LogP contribution in [0.1, 0.15) is 12.0 Å². The van der Waals surface area contributed by atoms with Gasteiger partial charge in [-0.3, -0.25) is 0 Å². The van der Waals surface area contributed by atoms with Crippen molar-refractivity contribution in [2.24, 2.45) is 5.16 Å². The van der Waals surface area contributed by atoms with E-state index < -0.39 is 0 Å². The molecule has 0 unspecified atom stereocenters. The molecule has 3 nitrogen and oxygen atoms in total. The fraction of sp³-hybridized carbons (Fsp3) is 0.250. The third-order valence-corrected chi connectivity index (χ3v) is 2.23. The van der Waals surface area contributed by atoms with Crippen LogP contribution in [0.5, 0.6) is 0 Å². The van der Waals surface area contributed by atoms with Crippen LogP contribution in [-0.4, -0.2) is 18.9 Å². The van der Waals surface area contributed by atoms with Crippen LogP contribution in [0.4, 0.5) is 0 Å². The summed E-state index contributed by atoms with van der Waals surface area (Å²) in [4.78, 5) is 5.24. The molecule has 1 aromatic carbocycles. The molecule has 0 spiro atoms. The monoisotopic (exact) mass is 203 g/mol. The molecule has 0 aliphatic carbocycles. The molecule has 0 aromatic heterocycles. The Balaban J connectivity index is 2.01. The summed E-state index contributed by atoms with van der Waals surface area (Å²) in [6, 6.07) is 10.0. The molecular formula is C12H13NO2. The first kappa shape index (κ1) is 9.77. The Hall–Kier alpha value is -1.77. The first-order chi connectivity index (χ1) is 7.40. The summed E-state index contributed by atoms with van der Waals surface area (Å²) in [5.41, 5.74) is 2.10. The highest BCUT2D eigenvalue weighted by molar-refractivity contribution is 6.01. The van der Waals surface area contributed by atoms with Crippen molar-refractivity contribution < 1.29 is 9.57 Å². The minimum atomic E-state index is 0.000145. The maximum absolute atomic E-state index is 5.24. The molecule has 15 heavy (non-hydrogen) atoms. The van der Waals surface area contributed by atoms with E-state index in [4.69, 9.17) is 9.57 Å². The molecule has 0 saturated carbocycles. The highest BCUT2D eigenvalue weighted by Crippen LogP contribution is 2.17. The van der Waals surface area contributed by atoms with E-state index in [0.29, 0.717) is 0 Å². The van der Waals surface area contributed by atoms with E-state index in [1.54, 1.807) is 13.4 Å². The summed E-state index contributed by atoms with van der Waals surface area (Å²) in [6.45, 7) is 0. The lowest BCUT2D eigenvalue weighted by Gasteiger charge is -2.00. The molecule has 1 aliphatic rings. The van der Waals surface area contributed by atoms with Crippen molar-refractivity contribution >= 4 is 5.71 Å². The molecule has 1 aliphatic heterocycles. The van der Waals surface area contributed by atoms with Gasteiger partial charge in [-0.05, 0) is 11.6 Å². The molecule has 2 rings (SSSR count). The maximum atomic E-state index is 5.24. The fourth-order valence-electron chi connectivity index (χ4n) is 1.47. The second kappa shape index (κ2) is 4.64. The van der Waals surface area contributed by atoms with Gasteiger partial charge in [-0.25, -0.2) is 0 Å². The van der Waals surface area contributed by atoms with Gasteiger partial charge in [-0.15, -0.1) is 0 Å². The number of hydrogen-bond donors (Lipinski definition) is 0. The van der Waals surface area contributed by atoms with Gasteiger partial charge in [0.1, 0.15) is 0 Å². The number of benzene rings is 1. The highest BCUT2D eigenvalue weighted by atomic mass is 16.6. The fourth-order valence-corrected chi connectivity index (χ4v) is 1.47. The largest absolute Gasteiger partial charge is 0.505 e. The predicted molar refractivity (Wildman–Crippen MR) is 58.6 cm³/mol. The molecule has 1 aromatic rings. The summed E-state index contributed by atoms with van der Waals surface area (Å²) in [7, 11) is 1.62. The summed E-state index contributed by atoms with van der Waals surface area (Å²) in [6.07, 6.45) is 4.28. The van der Waals surface area contributed by atoms with Crippen LogP contribution in [0.15, 0.2) is 47.8 Å². The molecule has 0 fully saturated rings. The van der Waals surface area contributed by atoms with E-state index in [9.17, 15) is 0 Å². The maximum Gasteiger partial charge on any atom is 0.154 e. The molecule has 0 bridgehead atoms. The van der Waals surface area contributed by atoms with Gasteiger partial charge in [0.05, 0.1) is 19.1 Å². The average Bonchev–Trinajstić information content (AvgIpc) is 2.76. The number of hydrogen-bond acceptors (Lipinski definition) is 3. The summed E-state index contributed by atoms with van der Waals surface area (Å²) >= 11 is 0. The number of rotatable bonds is 3. The lowest BCUT2D eigenvalue weighted by Crippen LogP contribution is -2.04. The lowest BCUT2D eigenvalue weighted by molar-refractivity contribution is 0.117. The van der Waals surface area contributed by atoms with Crippen molar-refractivity contribution in [1.29, 1.82) is 0 Å². The van der Waals surface area contributed by atoms with Gasteiger partial charge in [0.2, 0.25) is 0 Å². The first-order valence-electron chi connectivity index (χ1n) is 4.87. The van der Waals surface area contributed by atoms with Crippen LogP contribution in [0.3, 0.4) is 0 Å². The minimum Gasteiger partial charge on any atom is -0.505 e. The van der Waals surface area contributed by atoms with E-state index in [2.05, 4.69) is 5.16 Å². The van der Waals surface area contributed by atoms with Gasteiger partial charge in [-0.2, -0.15) is 0 Å². The molecule has 0 radical (unpaired) electrons. The number of nitrogens with zero attached hydrogens (tertiary/aromatic N) is 1. The van der Waals surface area contributed by atoms with Crippen LogP contribution >= 0.6 is 0 Å². The van der Waals surface area contributed by atoms with E-state index in [1.807, 2.05) is 36.4 Å². The Morgan fingerprint density at radius 3 is 2.93 bits per heavy atom. The molecule has 1 heterocycles. The Morgan fingerprint density at radius 1 is 1.40 bits per heavy atom. The van der Waals surface area contributed by atoms with Crippen molar-refractivity contribution in [3.63, 3.8) is 0 Å². The molecule has 0 saturated heterocycles. The molecule has 78 valence electrons. The van der Waals surface area contributed by atoms with Crippen LogP contribution in [0, 0.1) is 0 Å². The second-order valence-electron chi connectivity index (χ2n) is 3.32. The highest BCUT2D eigenvalue weighted by Gasteiger charge is 2.19. The van der Waals surface area contributed by atoms with Crippen molar-refractivity contribution in [3.05, 3.63) is 48.2 Å². The zero-order valence-corrected chi connectivity index (χ0v) is 8.59. The first-order valence-corrected chi connectivity index (χ1v) is 4.87.